The molecule has 0 spiro atoms. The smallest absolute Gasteiger partial charge is 0.315 e. The van der Waals surface area contributed by atoms with Crippen molar-refractivity contribution in [1.29, 1.82) is 0 Å². The number of carbonyl (C=O) groups excluding carboxylic acids is 4. The minimum Gasteiger partial charge on any atom is -0.341 e. The first-order chi connectivity index (χ1) is 29.3. The number of rotatable bonds is 11. The number of urea groups is 2. The molecule has 1 unspecified atom stereocenters. The number of likely N-dealkylation sites (tertiary alicyclic amines) is 1. The number of benzene rings is 4. The Balaban J connectivity index is 0.929. The number of aromatic amines is 2. The highest BCUT2D eigenvalue weighted by Gasteiger charge is 2.37. The maximum absolute atomic E-state index is 13.9. The molecule has 4 atom stereocenters. The molecular weight excluding hydrogens is 757 g/mol. The van der Waals surface area contributed by atoms with Gasteiger partial charge in [0, 0.05) is 27.2 Å². The van der Waals surface area contributed by atoms with E-state index < -0.39 is 30.2 Å². The maximum Gasteiger partial charge on any atom is 0.315 e. The van der Waals surface area contributed by atoms with Crippen LogP contribution in [0.2, 0.25) is 0 Å². The van der Waals surface area contributed by atoms with Gasteiger partial charge in [-0.1, -0.05) is 121 Å². The van der Waals surface area contributed by atoms with Gasteiger partial charge in [0.25, 0.3) is 5.91 Å². The number of hydrogen-bond donors (Lipinski definition) is 6. The number of H-pyrrole nitrogens is 2. The van der Waals surface area contributed by atoms with Crippen LogP contribution < -0.4 is 21.3 Å². The van der Waals surface area contributed by atoms with Crippen LogP contribution in [0.5, 0.6) is 0 Å². The van der Waals surface area contributed by atoms with Crippen LogP contribution in [0.25, 0.3) is 33.6 Å². The molecule has 14 nitrogen and oxygen atoms in total. The Labute approximate surface area is 347 Å². The van der Waals surface area contributed by atoms with Gasteiger partial charge in [0.2, 0.25) is 5.91 Å². The van der Waals surface area contributed by atoms with E-state index in [1.165, 1.54) is 14.1 Å². The van der Waals surface area contributed by atoms with Crippen molar-refractivity contribution >= 4 is 23.9 Å². The van der Waals surface area contributed by atoms with E-state index in [1.807, 2.05) is 102 Å². The highest BCUT2D eigenvalue weighted by Crippen LogP contribution is 2.35. The van der Waals surface area contributed by atoms with E-state index in [2.05, 4.69) is 60.5 Å². The predicted octanol–water partition coefficient (Wildman–Crippen LogP) is 6.58. The number of hydrogen-bond acceptors (Lipinski definition) is 6. The van der Waals surface area contributed by atoms with Gasteiger partial charge >= 0.3 is 12.1 Å². The van der Waals surface area contributed by atoms with Gasteiger partial charge in [-0.25, -0.2) is 19.6 Å². The second kappa shape index (κ2) is 17.6. The summed E-state index contributed by atoms with van der Waals surface area (Å²) in [5.74, 6) is 0.923. The minimum atomic E-state index is -0.860. The Morgan fingerprint density at radius 1 is 0.617 bits per heavy atom. The first-order valence-corrected chi connectivity index (χ1v) is 20.0. The summed E-state index contributed by atoms with van der Waals surface area (Å²) in [5.41, 5.74) is 7.07. The van der Waals surface area contributed by atoms with Crippen molar-refractivity contribution in [3.05, 3.63) is 157 Å². The highest BCUT2D eigenvalue weighted by atomic mass is 16.2. The Bertz CT molecular complexity index is 2480. The molecule has 2 aliphatic rings. The summed E-state index contributed by atoms with van der Waals surface area (Å²) >= 11 is 0. The number of amides is 6. The molecule has 1 fully saturated rings. The van der Waals surface area contributed by atoms with E-state index in [1.54, 1.807) is 17.3 Å². The van der Waals surface area contributed by atoms with E-state index in [0.29, 0.717) is 35.9 Å². The molecule has 2 aliphatic heterocycles. The Morgan fingerprint density at radius 3 is 1.60 bits per heavy atom. The van der Waals surface area contributed by atoms with Crippen LogP contribution >= 0.6 is 0 Å². The molecule has 6 N–H and O–H groups in total. The molecule has 2 aromatic heterocycles. The fraction of sp³-hybridized carbons (Fsp3) is 0.217. The van der Waals surface area contributed by atoms with Gasteiger partial charge in [0.05, 0.1) is 29.8 Å². The van der Waals surface area contributed by atoms with E-state index in [9.17, 15) is 19.2 Å². The molecule has 1 saturated heterocycles. The van der Waals surface area contributed by atoms with Gasteiger partial charge in [-0.15, -0.1) is 0 Å². The SMILES string of the molecule is CNC(=O)N[C@@H](C(=O)N1CC=CC1c1ncc(-c2ccc(-c3ccc(-c4cnc([C@@H]5CCCN5C(=O)[C@H](NC(=O)NC)c5ccccc5)[nH]4)cc3)cc2)[nH]1)c1ccccc1. The molecule has 60 heavy (non-hydrogen) atoms. The average molecular weight is 803 g/mol. The van der Waals surface area contributed by atoms with Crippen LogP contribution in [0, 0.1) is 0 Å². The average Bonchev–Trinajstić information content (AvgIpc) is 4.15. The fourth-order valence-electron chi connectivity index (χ4n) is 7.88. The van der Waals surface area contributed by atoms with Gasteiger partial charge < -0.3 is 41.0 Å². The summed E-state index contributed by atoms with van der Waals surface area (Å²) in [7, 11) is 3.05. The molecule has 0 radical (unpaired) electrons. The Morgan fingerprint density at radius 2 is 1.08 bits per heavy atom. The number of nitrogens with one attached hydrogen (secondary N) is 6. The van der Waals surface area contributed by atoms with Crippen LogP contribution in [-0.4, -0.2) is 80.8 Å². The lowest BCUT2D eigenvalue weighted by Gasteiger charge is -2.28. The van der Waals surface area contributed by atoms with E-state index in [-0.39, 0.29) is 17.9 Å². The monoisotopic (exact) mass is 802 g/mol. The first kappa shape index (κ1) is 39.4. The van der Waals surface area contributed by atoms with Crippen molar-refractivity contribution in [1.82, 2.24) is 51.0 Å². The number of aromatic nitrogens is 4. The van der Waals surface area contributed by atoms with Crippen LogP contribution in [0.4, 0.5) is 9.59 Å². The van der Waals surface area contributed by atoms with Crippen molar-refractivity contribution in [2.45, 2.75) is 37.0 Å². The lowest BCUT2D eigenvalue weighted by molar-refractivity contribution is -0.135. The van der Waals surface area contributed by atoms with E-state index >= 15 is 0 Å². The van der Waals surface area contributed by atoms with Crippen molar-refractivity contribution in [3.63, 3.8) is 0 Å². The quantitative estimate of drug-likeness (QED) is 0.0806. The fourth-order valence-corrected chi connectivity index (χ4v) is 7.88. The third-order valence-electron chi connectivity index (χ3n) is 11.1. The molecule has 14 heteroatoms. The van der Waals surface area contributed by atoms with Gasteiger partial charge in [-0.05, 0) is 46.2 Å². The molecule has 304 valence electrons. The zero-order valence-corrected chi connectivity index (χ0v) is 33.3. The summed E-state index contributed by atoms with van der Waals surface area (Å²) in [6, 6.07) is 31.7. The number of carbonyl (C=O) groups is 4. The predicted molar refractivity (Wildman–Crippen MR) is 228 cm³/mol. The van der Waals surface area contributed by atoms with Crippen molar-refractivity contribution in [3.8, 4) is 33.6 Å². The lowest BCUT2D eigenvalue weighted by atomic mass is 10.0. The third-order valence-corrected chi connectivity index (χ3v) is 11.1. The molecule has 0 aliphatic carbocycles. The molecule has 6 aromatic rings. The Hall–Kier alpha value is -7.48. The summed E-state index contributed by atoms with van der Waals surface area (Å²) in [5, 5.41) is 10.7. The molecule has 0 bridgehead atoms. The number of imidazole rings is 2. The molecule has 6 amide bonds. The van der Waals surface area contributed by atoms with Crippen LogP contribution in [-0.2, 0) is 9.59 Å². The molecular formula is C46H46N10O4. The van der Waals surface area contributed by atoms with E-state index in [0.717, 1.165) is 46.5 Å². The van der Waals surface area contributed by atoms with Crippen molar-refractivity contribution in [2.75, 3.05) is 27.2 Å². The first-order valence-electron chi connectivity index (χ1n) is 20.0. The summed E-state index contributed by atoms with van der Waals surface area (Å²) in [6.07, 6.45) is 9.04. The summed E-state index contributed by atoms with van der Waals surface area (Å²) in [6.45, 7) is 0.961. The zero-order chi connectivity index (χ0) is 41.6. The van der Waals surface area contributed by atoms with Crippen LogP contribution in [0.3, 0.4) is 0 Å². The molecule has 4 heterocycles. The molecule has 8 rings (SSSR count). The standard InChI is InChI=1S/C46H46N10O4/c1-47-45(59)53-39(33-11-5-3-6-12-33)43(57)55-25-9-15-37(55)41-49-27-35(51-41)31-21-17-29(18-22-31)30-19-23-32(24-20-30)36-28-50-42(52-36)38-16-10-26-56(38)44(58)40(54-46(60)48-2)34-13-7-4-8-14-34/h3-9,11-15,17-24,27-28,37-40H,10,16,25-26H2,1-2H3,(H,49,51)(H,50,52)(H2,47,53,59)(H2,48,54,60)/t37?,38-,39+,40+/m0/s1. The summed E-state index contributed by atoms with van der Waals surface area (Å²) in [4.78, 5) is 72.2. The van der Waals surface area contributed by atoms with Gasteiger partial charge in [0.15, 0.2) is 0 Å². The minimum absolute atomic E-state index is 0.177. The lowest BCUT2D eigenvalue weighted by Crippen LogP contribution is -2.45. The van der Waals surface area contributed by atoms with E-state index in [4.69, 9.17) is 4.98 Å². The largest absolute Gasteiger partial charge is 0.341 e. The van der Waals surface area contributed by atoms with Gasteiger partial charge in [-0.3, -0.25) is 9.59 Å². The van der Waals surface area contributed by atoms with Crippen LogP contribution in [0.15, 0.2) is 134 Å². The topological polar surface area (TPSA) is 180 Å². The molecule has 4 aromatic carbocycles. The van der Waals surface area contributed by atoms with Crippen molar-refractivity contribution in [2.24, 2.45) is 0 Å². The van der Waals surface area contributed by atoms with Crippen molar-refractivity contribution < 1.29 is 19.2 Å². The second-order valence-electron chi connectivity index (χ2n) is 14.7. The zero-order valence-electron chi connectivity index (χ0n) is 33.3. The second-order valence-corrected chi connectivity index (χ2v) is 14.7. The number of nitrogens with zero attached hydrogens (tertiary/aromatic N) is 4. The van der Waals surface area contributed by atoms with Gasteiger partial charge in [-0.2, -0.15) is 0 Å². The highest BCUT2D eigenvalue weighted by molar-refractivity contribution is 5.89. The molecule has 0 saturated carbocycles. The maximum atomic E-state index is 13.9. The summed E-state index contributed by atoms with van der Waals surface area (Å²) < 4.78 is 0. The normalized spacial score (nSPS) is 16.9. The van der Waals surface area contributed by atoms with Gasteiger partial charge in [0.1, 0.15) is 29.8 Å². The Kier molecular flexibility index (Phi) is 11.5. The third kappa shape index (κ3) is 8.25. The van der Waals surface area contributed by atoms with Crippen LogP contribution in [0.1, 0.15) is 59.8 Å².